The highest BCUT2D eigenvalue weighted by Gasteiger charge is 2.32. The second-order valence-electron chi connectivity index (χ2n) is 9.53. The summed E-state index contributed by atoms with van der Waals surface area (Å²) in [5, 5.41) is 14.3. The Kier molecular flexibility index (Phi) is 9.31. The lowest BCUT2D eigenvalue weighted by Crippen LogP contribution is -2.52. The monoisotopic (exact) mass is 546 g/mol. The van der Waals surface area contributed by atoms with E-state index in [9.17, 15) is 28.1 Å². The topological polar surface area (TPSA) is 139 Å². The Hall–Kier alpha value is -3.67. The normalized spacial score (nSPS) is 14.5. The third-order valence-electron chi connectivity index (χ3n) is 6.73. The maximum absolute atomic E-state index is 13.7. The van der Waals surface area contributed by atoms with Crippen molar-refractivity contribution in [3.63, 3.8) is 0 Å². The molecule has 2 aromatic carbocycles. The van der Waals surface area contributed by atoms with E-state index in [1.54, 1.807) is 38.1 Å². The number of ether oxygens (including phenoxy) is 1. The lowest BCUT2D eigenvalue weighted by atomic mass is 10.1. The number of amides is 2. The molecule has 12 heteroatoms. The van der Waals surface area contributed by atoms with Crippen LogP contribution in [-0.4, -0.2) is 62.0 Å². The SMILES string of the molecule is COc1ccc(CN(C(=O)CN(c2cc([N+](=O)[O-])ccc2C)S(C)(=O)=O)C(C)C(=O)NC2CCCC2)cc1. The zero-order valence-electron chi connectivity index (χ0n) is 22.0. The van der Waals surface area contributed by atoms with Crippen molar-refractivity contribution < 1.29 is 27.7 Å². The largest absolute Gasteiger partial charge is 0.497 e. The van der Waals surface area contributed by atoms with Crippen LogP contribution in [0.1, 0.15) is 43.7 Å². The summed E-state index contributed by atoms with van der Waals surface area (Å²) < 4.78 is 31.6. The van der Waals surface area contributed by atoms with Crippen molar-refractivity contribution in [1.29, 1.82) is 0 Å². The van der Waals surface area contributed by atoms with Gasteiger partial charge in [0.05, 0.1) is 24.0 Å². The minimum Gasteiger partial charge on any atom is -0.497 e. The van der Waals surface area contributed by atoms with Crippen LogP contribution in [-0.2, 0) is 26.2 Å². The molecule has 1 atom stereocenters. The number of nitro groups is 1. The number of non-ortho nitro benzene ring substituents is 1. The molecule has 11 nitrogen and oxygen atoms in total. The lowest BCUT2D eigenvalue weighted by Gasteiger charge is -2.32. The van der Waals surface area contributed by atoms with E-state index in [1.165, 1.54) is 24.1 Å². The van der Waals surface area contributed by atoms with E-state index in [4.69, 9.17) is 4.74 Å². The fraction of sp³-hybridized carbons (Fsp3) is 0.462. The maximum Gasteiger partial charge on any atom is 0.271 e. The van der Waals surface area contributed by atoms with E-state index in [1.807, 2.05) is 0 Å². The number of rotatable bonds is 11. The summed E-state index contributed by atoms with van der Waals surface area (Å²) >= 11 is 0. The molecule has 2 amide bonds. The number of anilines is 1. The molecule has 206 valence electrons. The van der Waals surface area contributed by atoms with Crippen LogP contribution in [0, 0.1) is 17.0 Å². The first kappa shape index (κ1) is 28.9. The molecule has 0 bridgehead atoms. The van der Waals surface area contributed by atoms with Gasteiger partial charge in [0.25, 0.3) is 5.69 Å². The first-order chi connectivity index (χ1) is 17.9. The molecule has 1 aliphatic rings. The van der Waals surface area contributed by atoms with Crippen molar-refractivity contribution >= 4 is 33.2 Å². The average molecular weight is 547 g/mol. The van der Waals surface area contributed by atoms with Crippen molar-refractivity contribution in [3.8, 4) is 5.75 Å². The first-order valence-electron chi connectivity index (χ1n) is 12.4. The number of aryl methyl sites for hydroxylation is 1. The number of carbonyl (C=O) groups excluding carboxylic acids is 2. The smallest absolute Gasteiger partial charge is 0.271 e. The average Bonchev–Trinajstić information content (AvgIpc) is 3.38. The molecule has 0 spiro atoms. The Balaban J connectivity index is 1.94. The van der Waals surface area contributed by atoms with Crippen LogP contribution < -0.4 is 14.4 Å². The van der Waals surface area contributed by atoms with Gasteiger partial charge in [-0.25, -0.2) is 8.42 Å². The molecule has 1 N–H and O–H groups in total. The fourth-order valence-electron chi connectivity index (χ4n) is 4.48. The molecule has 1 aliphatic carbocycles. The van der Waals surface area contributed by atoms with E-state index in [0.717, 1.165) is 47.9 Å². The summed E-state index contributed by atoms with van der Waals surface area (Å²) in [7, 11) is -2.47. The van der Waals surface area contributed by atoms with Gasteiger partial charge in [0, 0.05) is 24.7 Å². The molecule has 0 heterocycles. The van der Waals surface area contributed by atoms with Gasteiger partial charge in [-0.15, -0.1) is 0 Å². The quantitative estimate of drug-likeness (QED) is 0.337. The van der Waals surface area contributed by atoms with Crippen LogP contribution in [0.5, 0.6) is 5.75 Å². The second kappa shape index (κ2) is 12.2. The number of hydrogen-bond donors (Lipinski definition) is 1. The predicted molar refractivity (Wildman–Crippen MR) is 143 cm³/mol. The van der Waals surface area contributed by atoms with Gasteiger partial charge in [0.1, 0.15) is 18.3 Å². The van der Waals surface area contributed by atoms with Crippen LogP contribution >= 0.6 is 0 Å². The van der Waals surface area contributed by atoms with E-state index in [-0.39, 0.29) is 29.9 Å². The summed E-state index contributed by atoms with van der Waals surface area (Å²) in [6.45, 7) is 2.63. The Labute approximate surface area is 223 Å². The molecular formula is C26H34N4O7S. The number of nitro benzene ring substituents is 1. The number of benzene rings is 2. The second-order valence-corrected chi connectivity index (χ2v) is 11.4. The van der Waals surface area contributed by atoms with Crippen LogP contribution in [0.15, 0.2) is 42.5 Å². The van der Waals surface area contributed by atoms with E-state index in [0.29, 0.717) is 11.3 Å². The molecule has 0 aliphatic heterocycles. The van der Waals surface area contributed by atoms with Gasteiger partial charge in [-0.3, -0.25) is 24.0 Å². The molecule has 2 aromatic rings. The number of nitrogens with zero attached hydrogens (tertiary/aromatic N) is 3. The highest BCUT2D eigenvalue weighted by atomic mass is 32.2. The van der Waals surface area contributed by atoms with E-state index < -0.39 is 33.4 Å². The van der Waals surface area contributed by atoms with E-state index >= 15 is 0 Å². The van der Waals surface area contributed by atoms with Crippen LogP contribution in [0.2, 0.25) is 0 Å². The molecular weight excluding hydrogens is 512 g/mol. The third kappa shape index (κ3) is 7.21. The standard InChI is InChI=1S/C26H34N4O7S/c1-18-9-12-22(30(33)34)15-24(18)29(38(4,35)36)17-25(31)28(16-20-10-13-23(37-3)14-11-20)19(2)26(32)27-21-7-5-6-8-21/h9-15,19,21H,5-8,16-17H2,1-4H3,(H,27,32). The highest BCUT2D eigenvalue weighted by molar-refractivity contribution is 7.92. The van der Waals surface area contributed by atoms with Crippen LogP contribution in [0.3, 0.4) is 0 Å². The van der Waals surface area contributed by atoms with Gasteiger partial charge < -0.3 is 15.0 Å². The van der Waals surface area contributed by atoms with Gasteiger partial charge in [-0.05, 0) is 49.9 Å². The van der Waals surface area contributed by atoms with Crippen molar-refractivity contribution in [2.24, 2.45) is 0 Å². The first-order valence-corrected chi connectivity index (χ1v) is 14.2. The summed E-state index contributed by atoms with van der Waals surface area (Å²) in [4.78, 5) is 38.9. The van der Waals surface area contributed by atoms with Crippen LogP contribution in [0.25, 0.3) is 0 Å². The van der Waals surface area contributed by atoms with E-state index in [2.05, 4.69) is 5.32 Å². The minimum absolute atomic E-state index is 0.0301. The molecule has 0 aromatic heterocycles. The van der Waals surface area contributed by atoms with Gasteiger partial charge in [-0.1, -0.05) is 31.0 Å². The van der Waals surface area contributed by atoms with Crippen molar-refractivity contribution in [1.82, 2.24) is 10.2 Å². The molecule has 1 saturated carbocycles. The number of nitrogens with one attached hydrogen (secondary N) is 1. The number of hydrogen-bond acceptors (Lipinski definition) is 7. The molecule has 0 saturated heterocycles. The Bertz CT molecular complexity index is 1280. The number of sulfonamides is 1. The number of carbonyl (C=O) groups is 2. The molecule has 1 fully saturated rings. The summed E-state index contributed by atoms with van der Waals surface area (Å²) in [5.74, 6) is -0.314. The molecule has 3 rings (SSSR count). The highest BCUT2D eigenvalue weighted by Crippen LogP contribution is 2.28. The Morgan fingerprint density at radius 3 is 2.34 bits per heavy atom. The third-order valence-corrected chi connectivity index (χ3v) is 7.86. The van der Waals surface area contributed by atoms with Gasteiger partial charge in [-0.2, -0.15) is 0 Å². The molecule has 38 heavy (non-hydrogen) atoms. The van der Waals surface area contributed by atoms with Gasteiger partial charge >= 0.3 is 0 Å². The zero-order chi connectivity index (χ0) is 28.0. The molecule has 0 radical (unpaired) electrons. The zero-order valence-corrected chi connectivity index (χ0v) is 22.9. The van der Waals surface area contributed by atoms with Gasteiger partial charge in [0.15, 0.2) is 0 Å². The molecule has 1 unspecified atom stereocenters. The number of methoxy groups -OCH3 is 1. The lowest BCUT2D eigenvalue weighted by molar-refractivity contribution is -0.384. The Morgan fingerprint density at radius 1 is 1.16 bits per heavy atom. The summed E-state index contributed by atoms with van der Waals surface area (Å²) in [6.07, 6.45) is 4.74. The van der Waals surface area contributed by atoms with Crippen molar-refractivity contribution in [2.75, 3.05) is 24.2 Å². The minimum atomic E-state index is -4.01. The van der Waals surface area contributed by atoms with Crippen molar-refractivity contribution in [3.05, 3.63) is 63.7 Å². The van der Waals surface area contributed by atoms with Crippen molar-refractivity contribution in [2.45, 2.75) is 58.2 Å². The van der Waals surface area contributed by atoms with Crippen LogP contribution in [0.4, 0.5) is 11.4 Å². The summed E-state index contributed by atoms with van der Waals surface area (Å²) in [5.41, 5.74) is 0.897. The Morgan fingerprint density at radius 2 is 1.79 bits per heavy atom. The van der Waals surface area contributed by atoms with Gasteiger partial charge in [0.2, 0.25) is 21.8 Å². The maximum atomic E-state index is 13.7. The predicted octanol–water partition coefficient (Wildman–Crippen LogP) is 3.15. The fourth-order valence-corrected chi connectivity index (χ4v) is 5.38. The summed E-state index contributed by atoms with van der Waals surface area (Å²) in [6, 6.07) is 9.98.